The van der Waals surface area contributed by atoms with Crippen LogP contribution in [0.2, 0.25) is 5.02 Å². The summed E-state index contributed by atoms with van der Waals surface area (Å²) in [5.41, 5.74) is 4.34. The van der Waals surface area contributed by atoms with Gasteiger partial charge in [-0.3, -0.25) is 19.9 Å². The summed E-state index contributed by atoms with van der Waals surface area (Å²) in [6, 6.07) is 13.5. The molecule has 2 amide bonds. The van der Waals surface area contributed by atoms with Crippen LogP contribution in [-0.4, -0.2) is 27.2 Å². The van der Waals surface area contributed by atoms with Gasteiger partial charge in [0.05, 0.1) is 5.52 Å². The number of halogens is 1. The van der Waals surface area contributed by atoms with Gasteiger partial charge < -0.3 is 5.32 Å². The maximum atomic E-state index is 12.2. The van der Waals surface area contributed by atoms with Crippen LogP contribution < -0.4 is 10.8 Å². The Balaban J connectivity index is 1.54. The fraction of sp³-hybridized carbons (Fsp3) is 0.286. The second-order valence-corrected chi connectivity index (χ2v) is 7.22. The Kier molecular flexibility index (Phi) is 7.21. The average molecular weight is 415 g/mol. The zero-order valence-corrected chi connectivity index (χ0v) is 16.6. The van der Waals surface area contributed by atoms with E-state index < -0.39 is 0 Å². The Morgan fingerprint density at radius 3 is 2.45 bits per heavy atom. The van der Waals surface area contributed by atoms with Crippen LogP contribution in [-0.2, 0) is 9.59 Å². The SMILES string of the molecule is O=C(CCCCCCC(=O)Nc1n[nH]c2cc(-c3ccccc3Cl)ccc12)NO. The van der Waals surface area contributed by atoms with Crippen LogP contribution in [0.3, 0.4) is 0 Å². The summed E-state index contributed by atoms with van der Waals surface area (Å²) in [6.07, 6.45) is 3.76. The van der Waals surface area contributed by atoms with Gasteiger partial charge in [0.2, 0.25) is 11.8 Å². The molecule has 3 aromatic rings. The summed E-state index contributed by atoms with van der Waals surface area (Å²) in [6.45, 7) is 0. The van der Waals surface area contributed by atoms with Crippen LogP contribution in [0.1, 0.15) is 38.5 Å². The Morgan fingerprint density at radius 1 is 1.00 bits per heavy atom. The lowest BCUT2D eigenvalue weighted by Crippen LogP contribution is -2.17. The lowest BCUT2D eigenvalue weighted by molar-refractivity contribution is -0.129. The first kappa shape index (κ1) is 20.8. The predicted octanol–water partition coefficient (Wildman–Crippen LogP) is 4.67. The van der Waals surface area contributed by atoms with Gasteiger partial charge in [0.1, 0.15) is 0 Å². The number of amides is 2. The standard InChI is InChI=1S/C21H23ClN4O3/c22-17-8-6-5-7-15(17)14-11-12-16-18(13-14)24-25-21(16)23-19(27)9-3-1-2-4-10-20(28)26-29/h5-8,11-13,29H,1-4,9-10H2,(H,26,28)(H2,23,24,25,27). The van der Waals surface area contributed by atoms with E-state index >= 15 is 0 Å². The number of rotatable bonds is 9. The molecule has 0 unspecified atom stereocenters. The summed E-state index contributed by atoms with van der Waals surface area (Å²) in [5.74, 6) is 0.0304. The quantitative estimate of drug-likeness (QED) is 0.232. The van der Waals surface area contributed by atoms with Crippen LogP contribution in [0.5, 0.6) is 0 Å². The molecular weight excluding hydrogens is 392 g/mol. The molecule has 1 heterocycles. The molecule has 7 nitrogen and oxygen atoms in total. The number of aromatic nitrogens is 2. The van der Waals surface area contributed by atoms with E-state index in [1.54, 1.807) is 5.48 Å². The number of hydroxylamine groups is 1. The number of benzene rings is 2. The van der Waals surface area contributed by atoms with Gasteiger partial charge in [-0.2, -0.15) is 5.10 Å². The first-order valence-electron chi connectivity index (χ1n) is 9.54. The largest absolute Gasteiger partial charge is 0.309 e. The van der Waals surface area contributed by atoms with Crippen LogP contribution in [0.25, 0.3) is 22.0 Å². The average Bonchev–Trinajstić information content (AvgIpc) is 3.12. The van der Waals surface area contributed by atoms with E-state index in [-0.39, 0.29) is 18.2 Å². The Bertz CT molecular complexity index is 1000. The summed E-state index contributed by atoms with van der Waals surface area (Å²) in [7, 11) is 0. The molecule has 0 bridgehead atoms. The second-order valence-electron chi connectivity index (χ2n) is 6.81. The monoisotopic (exact) mass is 414 g/mol. The number of aromatic amines is 1. The molecular formula is C21H23ClN4O3. The van der Waals surface area contributed by atoms with Crippen LogP contribution in [0.15, 0.2) is 42.5 Å². The van der Waals surface area contributed by atoms with E-state index in [1.165, 1.54) is 0 Å². The van der Waals surface area contributed by atoms with Crippen molar-refractivity contribution >= 4 is 40.1 Å². The summed E-state index contributed by atoms with van der Waals surface area (Å²) < 4.78 is 0. The van der Waals surface area contributed by atoms with Gasteiger partial charge in [0.15, 0.2) is 5.82 Å². The van der Waals surface area contributed by atoms with E-state index in [0.29, 0.717) is 23.7 Å². The van der Waals surface area contributed by atoms with Gasteiger partial charge in [-0.25, -0.2) is 5.48 Å². The van der Waals surface area contributed by atoms with E-state index in [0.717, 1.165) is 41.3 Å². The number of nitrogens with one attached hydrogen (secondary N) is 3. The molecule has 8 heteroatoms. The van der Waals surface area contributed by atoms with Gasteiger partial charge in [0, 0.05) is 28.8 Å². The molecule has 0 saturated carbocycles. The van der Waals surface area contributed by atoms with Gasteiger partial charge >= 0.3 is 0 Å². The number of unbranched alkanes of at least 4 members (excludes halogenated alkanes) is 3. The number of anilines is 1. The molecule has 0 spiro atoms. The number of carbonyl (C=O) groups excluding carboxylic acids is 2. The molecule has 0 aliphatic heterocycles. The maximum Gasteiger partial charge on any atom is 0.243 e. The van der Waals surface area contributed by atoms with Crippen molar-refractivity contribution in [3.05, 3.63) is 47.5 Å². The zero-order valence-electron chi connectivity index (χ0n) is 15.9. The van der Waals surface area contributed by atoms with Crippen molar-refractivity contribution in [1.29, 1.82) is 0 Å². The van der Waals surface area contributed by atoms with Crippen molar-refractivity contribution in [1.82, 2.24) is 15.7 Å². The Hall–Kier alpha value is -2.90. The highest BCUT2D eigenvalue weighted by molar-refractivity contribution is 6.33. The minimum absolute atomic E-state index is 0.0957. The molecule has 1 aromatic heterocycles. The molecule has 0 fully saturated rings. The summed E-state index contributed by atoms with van der Waals surface area (Å²) in [5, 5.41) is 20.0. The molecule has 0 radical (unpaired) electrons. The van der Waals surface area contributed by atoms with Crippen molar-refractivity contribution < 1.29 is 14.8 Å². The normalized spacial score (nSPS) is 10.8. The highest BCUT2D eigenvalue weighted by Gasteiger charge is 2.11. The molecule has 0 aliphatic carbocycles. The second kappa shape index (κ2) is 10.0. The first-order valence-corrected chi connectivity index (χ1v) is 9.92. The lowest BCUT2D eigenvalue weighted by atomic mass is 10.0. The smallest absolute Gasteiger partial charge is 0.243 e. The van der Waals surface area contributed by atoms with Gasteiger partial charge in [0.25, 0.3) is 0 Å². The van der Waals surface area contributed by atoms with Gasteiger partial charge in [-0.05, 0) is 36.6 Å². The molecule has 152 valence electrons. The van der Waals surface area contributed by atoms with Gasteiger partial charge in [-0.15, -0.1) is 0 Å². The van der Waals surface area contributed by atoms with Crippen molar-refractivity contribution in [3.8, 4) is 11.1 Å². The molecule has 0 aliphatic rings. The number of carbonyl (C=O) groups is 2. The molecule has 3 rings (SSSR count). The van der Waals surface area contributed by atoms with Gasteiger partial charge in [-0.1, -0.05) is 48.7 Å². The predicted molar refractivity (Wildman–Crippen MR) is 113 cm³/mol. The third-order valence-corrected chi connectivity index (χ3v) is 5.02. The first-order chi connectivity index (χ1) is 14.1. The number of H-pyrrole nitrogens is 1. The topological polar surface area (TPSA) is 107 Å². The third-order valence-electron chi connectivity index (χ3n) is 4.69. The number of nitrogens with zero attached hydrogens (tertiary/aromatic N) is 1. The van der Waals surface area contributed by atoms with E-state index in [1.807, 2.05) is 42.5 Å². The Labute approximate surface area is 173 Å². The van der Waals surface area contributed by atoms with Crippen LogP contribution >= 0.6 is 11.6 Å². The molecule has 0 saturated heterocycles. The highest BCUT2D eigenvalue weighted by Crippen LogP contribution is 2.31. The lowest BCUT2D eigenvalue weighted by Gasteiger charge is -2.05. The minimum Gasteiger partial charge on any atom is -0.309 e. The van der Waals surface area contributed by atoms with Crippen LogP contribution in [0.4, 0.5) is 5.82 Å². The van der Waals surface area contributed by atoms with E-state index in [9.17, 15) is 9.59 Å². The third kappa shape index (κ3) is 5.56. The van der Waals surface area contributed by atoms with E-state index in [2.05, 4.69) is 15.5 Å². The maximum absolute atomic E-state index is 12.2. The number of fused-ring (bicyclic) bond motifs is 1. The van der Waals surface area contributed by atoms with Crippen molar-refractivity contribution in [2.24, 2.45) is 0 Å². The van der Waals surface area contributed by atoms with Crippen LogP contribution in [0, 0.1) is 0 Å². The fourth-order valence-corrected chi connectivity index (χ4v) is 3.40. The van der Waals surface area contributed by atoms with Crippen molar-refractivity contribution in [2.75, 3.05) is 5.32 Å². The van der Waals surface area contributed by atoms with Crippen molar-refractivity contribution in [2.45, 2.75) is 38.5 Å². The summed E-state index contributed by atoms with van der Waals surface area (Å²) in [4.78, 5) is 23.1. The number of hydrogen-bond acceptors (Lipinski definition) is 4. The van der Waals surface area contributed by atoms with E-state index in [4.69, 9.17) is 16.8 Å². The zero-order chi connectivity index (χ0) is 20.6. The molecule has 2 aromatic carbocycles. The van der Waals surface area contributed by atoms with Crippen molar-refractivity contribution in [3.63, 3.8) is 0 Å². The summed E-state index contributed by atoms with van der Waals surface area (Å²) >= 11 is 6.27. The fourth-order valence-electron chi connectivity index (χ4n) is 3.15. The molecule has 0 atom stereocenters. The number of hydrogen-bond donors (Lipinski definition) is 4. The molecule has 29 heavy (non-hydrogen) atoms. The highest BCUT2D eigenvalue weighted by atomic mass is 35.5. The Morgan fingerprint density at radius 2 is 1.72 bits per heavy atom. The molecule has 4 N–H and O–H groups in total. The minimum atomic E-state index is -0.383.